The minimum Gasteiger partial charge on any atom is -0.325 e. The lowest BCUT2D eigenvalue weighted by atomic mass is 10.1. The van der Waals surface area contributed by atoms with Gasteiger partial charge in [0.1, 0.15) is 0 Å². The van der Waals surface area contributed by atoms with Gasteiger partial charge in [0.15, 0.2) is 0 Å². The minimum absolute atomic E-state index is 0.00217. The molecule has 1 atom stereocenters. The van der Waals surface area contributed by atoms with Crippen molar-refractivity contribution in [2.45, 2.75) is 31.8 Å². The molecule has 0 aromatic heterocycles. The summed E-state index contributed by atoms with van der Waals surface area (Å²) in [7, 11) is 0. The molecular weight excluding hydrogens is 398 g/mol. The van der Waals surface area contributed by atoms with E-state index in [1.165, 1.54) is 11.1 Å². The summed E-state index contributed by atoms with van der Waals surface area (Å²) in [5.74, 6) is 0.0173. The third-order valence-corrected chi connectivity index (χ3v) is 6.43. The molecule has 2 heterocycles. The maximum absolute atomic E-state index is 13.0. The number of hydrogen-bond donors (Lipinski definition) is 1. The van der Waals surface area contributed by atoms with Crippen molar-refractivity contribution in [2.75, 3.05) is 23.3 Å². The maximum atomic E-state index is 13.0. The average Bonchev–Trinajstić information content (AvgIpc) is 3.47. The van der Waals surface area contributed by atoms with E-state index >= 15 is 0 Å². The Morgan fingerprint density at radius 3 is 2.44 bits per heavy atom. The first-order valence-electron chi connectivity index (χ1n) is 11.3. The largest absolute Gasteiger partial charge is 0.325 e. The molecule has 5 nitrogen and oxygen atoms in total. The van der Waals surface area contributed by atoms with Crippen molar-refractivity contribution in [3.63, 3.8) is 0 Å². The van der Waals surface area contributed by atoms with Crippen molar-refractivity contribution in [3.05, 3.63) is 95.6 Å². The van der Waals surface area contributed by atoms with Crippen molar-refractivity contribution in [3.8, 4) is 0 Å². The van der Waals surface area contributed by atoms with Gasteiger partial charge in [0, 0.05) is 30.0 Å². The molecule has 3 aromatic carbocycles. The van der Waals surface area contributed by atoms with E-state index in [0.717, 1.165) is 43.7 Å². The van der Waals surface area contributed by atoms with Crippen LogP contribution in [0.15, 0.2) is 78.9 Å². The van der Waals surface area contributed by atoms with Crippen LogP contribution in [0.25, 0.3) is 0 Å². The SMILES string of the molecule is O=C(Nc1ccc(C(=O)N2CCc3ccccc32)cc1)C1CCCN1Cc1ccccc1. The van der Waals surface area contributed by atoms with Crippen molar-refractivity contribution in [1.82, 2.24) is 4.90 Å². The quantitative estimate of drug-likeness (QED) is 0.655. The van der Waals surface area contributed by atoms with Gasteiger partial charge in [-0.2, -0.15) is 0 Å². The van der Waals surface area contributed by atoms with Gasteiger partial charge in [-0.05, 0) is 67.3 Å². The fourth-order valence-electron chi connectivity index (χ4n) is 4.76. The van der Waals surface area contributed by atoms with Gasteiger partial charge in [0.25, 0.3) is 5.91 Å². The molecule has 3 aromatic rings. The Kier molecular flexibility index (Phi) is 5.73. The molecule has 2 amide bonds. The third-order valence-electron chi connectivity index (χ3n) is 6.43. The highest BCUT2D eigenvalue weighted by Crippen LogP contribution is 2.29. The van der Waals surface area contributed by atoms with Gasteiger partial charge in [0.05, 0.1) is 6.04 Å². The summed E-state index contributed by atoms with van der Waals surface area (Å²) in [4.78, 5) is 30.0. The molecule has 0 saturated carbocycles. The average molecular weight is 426 g/mol. The molecule has 1 fully saturated rings. The van der Waals surface area contributed by atoms with Crippen LogP contribution < -0.4 is 10.2 Å². The summed E-state index contributed by atoms with van der Waals surface area (Å²) in [6, 6.07) is 25.4. The van der Waals surface area contributed by atoms with Gasteiger partial charge < -0.3 is 10.2 Å². The van der Waals surface area contributed by atoms with Crippen molar-refractivity contribution < 1.29 is 9.59 Å². The van der Waals surface area contributed by atoms with E-state index in [0.29, 0.717) is 12.1 Å². The van der Waals surface area contributed by atoms with Crippen LogP contribution in [0.2, 0.25) is 0 Å². The molecular formula is C27H27N3O2. The first-order chi connectivity index (χ1) is 15.7. The van der Waals surface area contributed by atoms with E-state index in [-0.39, 0.29) is 17.9 Å². The number of likely N-dealkylation sites (tertiary alicyclic amines) is 1. The topological polar surface area (TPSA) is 52.7 Å². The van der Waals surface area contributed by atoms with Crippen molar-refractivity contribution >= 4 is 23.2 Å². The summed E-state index contributed by atoms with van der Waals surface area (Å²) in [6.07, 6.45) is 2.77. The molecule has 5 heteroatoms. The first kappa shape index (κ1) is 20.5. The van der Waals surface area contributed by atoms with E-state index in [1.807, 2.05) is 53.4 Å². The Hall–Kier alpha value is -3.44. The molecule has 162 valence electrons. The molecule has 1 saturated heterocycles. The highest BCUT2D eigenvalue weighted by molar-refractivity contribution is 6.07. The molecule has 1 unspecified atom stereocenters. The molecule has 5 rings (SSSR count). The Morgan fingerprint density at radius 2 is 1.62 bits per heavy atom. The highest BCUT2D eigenvalue weighted by Gasteiger charge is 2.31. The molecule has 0 radical (unpaired) electrons. The van der Waals surface area contributed by atoms with Crippen LogP contribution in [0.3, 0.4) is 0 Å². The van der Waals surface area contributed by atoms with Gasteiger partial charge >= 0.3 is 0 Å². The van der Waals surface area contributed by atoms with Gasteiger partial charge in [-0.15, -0.1) is 0 Å². The lowest BCUT2D eigenvalue weighted by molar-refractivity contribution is -0.120. The van der Waals surface area contributed by atoms with E-state index in [9.17, 15) is 9.59 Å². The number of para-hydroxylation sites is 1. The number of carbonyl (C=O) groups is 2. The predicted octanol–water partition coefficient (Wildman–Crippen LogP) is 4.49. The summed E-state index contributed by atoms with van der Waals surface area (Å²) >= 11 is 0. The number of rotatable bonds is 5. The summed E-state index contributed by atoms with van der Waals surface area (Å²) < 4.78 is 0. The predicted molar refractivity (Wildman–Crippen MR) is 127 cm³/mol. The summed E-state index contributed by atoms with van der Waals surface area (Å²) in [6.45, 7) is 2.41. The van der Waals surface area contributed by atoms with E-state index in [4.69, 9.17) is 0 Å². The normalized spacial score (nSPS) is 17.9. The zero-order valence-electron chi connectivity index (χ0n) is 18.0. The van der Waals surface area contributed by atoms with E-state index < -0.39 is 0 Å². The molecule has 32 heavy (non-hydrogen) atoms. The fraction of sp³-hybridized carbons (Fsp3) is 0.259. The van der Waals surface area contributed by atoms with Crippen LogP contribution in [-0.2, 0) is 17.8 Å². The smallest absolute Gasteiger partial charge is 0.258 e. The Bertz CT molecular complexity index is 1110. The van der Waals surface area contributed by atoms with Crippen LogP contribution in [-0.4, -0.2) is 35.8 Å². The number of anilines is 2. The second-order valence-electron chi connectivity index (χ2n) is 8.52. The standard InChI is InChI=1S/C27H27N3O2/c31-26(25-11-6-17-29(25)19-20-7-2-1-3-8-20)28-23-14-12-22(13-15-23)27(32)30-18-16-21-9-4-5-10-24(21)30/h1-5,7-10,12-15,25H,6,11,16-19H2,(H,28,31). The lowest BCUT2D eigenvalue weighted by Crippen LogP contribution is -2.39. The van der Waals surface area contributed by atoms with Gasteiger partial charge in [0.2, 0.25) is 5.91 Å². The number of nitrogens with one attached hydrogen (secondary N) is 1. The van der Waals surface area contributed by atoms with E-state index in [2.05, 4.69) is 28.4 Å². The molecule has 2 aliphatic rings. The van der Waals surface area contributed by atoms with Gasteiger partial charge in [-0.1, -0.05) is 48.5 Å². The third kappa shape index (κ3) is 4.16. The monoisotopic (exact) mass is 425 g/mol. The number of benzene rings is 3. The number of fused-ring (bicyclic) bond motifs is 1. The van der Waals surface area contributed by atoms with Gasteiger partial charge in [-0.3, -0.25) is 14.5 Å². The molecule has 1 N–H and O–H groups in total. The van der Waals surface area contributed by atoms with Crippen LogP contribution in [0.1, 0.15) is 34.3 Å². The van der Waals surface area contributed by atoms with Crippen LogP contribution in [0.5, 0.6) is 0 Å². The van der Waals surface area contributed by atoms with Crippen molar-refractivity contribution in [2.24, 2.45) is 0 Å². The maximum Gasteiger partial charge on any atom is 0.258 e. The van der Waals surface area contributed by atoms with Crippen LogP contribution in [0.4, 0.5) is 11.4 Å². The molecule has 0 spiro atoms. The first-order valence-corrected chi connectivity index (χ1v) is 11.3. The summed E-state index contributed by atoms with van der Waals surface area (Å²) in [5.41, 5.74) is 4.78. The molecule has 0 aliphatic carbocycles. The van der Waals surface area contributed by atoms with Crippen molar-refractivity contribution in [1.29, 1.82) is 0 Å². The molecule has 0 bridgehead atoms. The Balaban J connectivity index is 1.23. The van der Waals surface area contributed by atoms with Crippen LogP contribution >= 0.6 is 0 Å². The minimum atomic E-state index is -0.127. The fourth-order valence-corrected chi connectivity index (χ4v) is 4.76. The number of hydrogen-bond acceptors (Lipinski definition) is 3. The van der Waals surface area contributed by atoms with E-state index in [1.54, 1.807) is 12.1 Å². The highest BCUT2D eigenvalue weighted by atomic mass is 16.2. The zero-order valence-corrected chi connectivity index (χ0v) is 18.0. The Morgan fingerprint density at radius 1 is 0.875 bits per heavy atom. The van der Waals surface area contributed by atoms with Crippen LogP contribution in [0, 0.1) is 0 Å². The molecule has 2 aliphatic heterocycles. The van der Waals surface area contributed by atoms with Gasteiger partial charge in [-0.25, -0.2) is 0 Å². The lowest BCUT2D eigenvalue weighted by Gasteiger charge is -2.24. The number of carbonyl (C=O) groups excluding carboxylic acids is 2. The number of amides is 2. The second kappa shape index (κ2) is 8.97. The Labute approximate surface area is 188 Å². The summed E-state index contributed by atoms with van der Waals surface area (Å²) in [5, 5.41) is 3.05. The zero-order chi connectivity index (χ0) is 21.9. The second-order valence-corrected chi connectivity index (χ2v) is 8.52. The number of nitrogens with zero attached hydrogens (tertiary/aromatic N) is 2.